The van der Waals surface area contributed by atoms with Crippen LogP contribution < -0.4 is 5.32 Å². The largest absolute Gasteiger partial charge is 0.298 e. The molecule has 0 atom stereocenters. The van der Waals surface area contributed by atoms with Crippen molar-refractivity contribution in [3.63, 3.8) is 0 Å². The Morgan fingerprint density at radius 3 is 3.12 bits per heavy atom. The second-order valence-electron chi connectivity index (χ2n) is 2.10. The van der Waals surface area contributed by atoms with Crippen LogP contribution in [-0.4, -0.2) is 18.9 Å². The summed E-state index contributed by atoms with van der Waals surface area (Å²) in [6.45, 7) is 1.37. The highest BCUT2D eigenvalue weighted by Crippen LogP contribution is 1.99. The van der Waals surface area contributed by atoms with Gasteiger partial charge in [-0.1, -0.05) is 0 Å². The highest BCUT2D eigenvalue weighted by Gasteiger charge is 2.05. The van der Waals surface area contributed by atoms with Crippen molar-refractivity contribution in [2.24, 2.45) is 0 Å². The van der Waals surface area contributed by atoms with Crippen LogP contribution in [-0.2, 0) is 4.79 Å². The van der Waals surface area contributed by atoms with Gasteiger partial charge in [0.05, 0.1) is 6.54 Å². The van der Waals surface area contributed by atoms with Crippen LogP contribution in [0.15, 0.2) is 0 Å². The zero-order valence-corrected chi connectivity index (χ0v) is 4.89. The summed E-state index contributed by atoms with van der Waals surface area (Å²) in [5, 5.41) is 4.00. The molecule has 0 unspecified atom stereocenters. The quantitative estimate of drug-likeness (QED) is 0.444. The first-order valence-corrected chi connectivity index (χ1v) is 3.04. The lowest BCUT2D eigenvalue weighted by atomic mass is 10.2. The summed E-state index contributed by atoms with van der Waals surface area (Å²) in [5.74, 6) is 0.308. The maximum absolute atomic E-state index is 10.6. The Kier molecular flexibility index (Phi) is 2.03. The zero-order valence-electron chi connectivity index (χ0n) is 4.89. The van der Waals surface area contributed by atoms with Crippen LogP contribution in [0.25, 0.3) is 0 Å². The third kappa shape index (κ3) is 1.62. The molecule has 0 saturated carbocycles. The summed E-state index contributed by atoms with van der Waals surface area (Å²) < 4.78 is 0. The Morgan fingerprint density at radius 1 is 1.38 bits per heavy atom. The van der Waals surface area contributed by atoms with Crippen molar-refractivity contribution in [1.82, 2.24) is 5.32 Å². The molecule has 0 spiro atoms. The van der Waals surface area contributed by atoms with Crippen LogP contribution in [0, 0.1) is 0 Å². The van der Waals surface area contributed by atoms with Gasteiger partial charge in [-0.15, -0.1) is 0 Å². The number of carbonyl (C=O) groups excluding carboxylic acids is 1. The standard InChI is InChI=1S/C6H10NO/c8-6-3-1-2-4-7-5-6/h1-5H2. The molecule has 1 heterocycles. The molecule has 1 rings (SSSR count). The van der Waals surface area contributed by atoms with Crippen molar-refractivity contribution in [2.75, 3.05) is 13.1 Å². The Labute approximate surface area is 49.3 Å². The zero-order chi connectivity index (χ0) is 5.82. The fraction of sp³-hybridized carbons (Fsp3) is 0.833. The van der Waals surface area contributed by atoms with Crippen molar-refractivity contribution < 1.29 is 4.79 Å². The van der Waals surface area contributed by atoms with E-state index in [1.807, 2.05) is 0 Å². The van der Waals surface area contributed by atoms with E-state index in [1.165, 1.54) is 0 Å². The highest BCUT2D eigenvalue weighted by molar-refractivity contribution is 5.80. The molecule has 2 heteroatoms. The van der Waals surface area contributed by atoms with Gasteiger partial charge in [0.15, 0.2) is 0 Å². The first kappa shape index (κ1) is 5.76. The molecular formula is C6H10NO. The summed E-state index contributed by atoms with van der Waals surface area (Å²) in [7, 11) is 0. The third-order valence-electron chi connectivity index (χ3n) is 1.31. The number of hydrogen-bond acceptors (Lipinski definition) is 1. The van der Waals surface area contributed by atoms with E-state index < -0.39 is 0 Å². The van der Waals surface area contributed by atoms with Gasteiger partial charge in [-0.2, -0.15) is 0 Å². The van der Waals surface area contributed by atoms with Gasteiger partial charge in [-0.25, -0.2) is 5.32 Å². The molecule has 1 aliphatic rings. The number of Topliss-reactive ketones (excluding diaryl/α,β-unsaturated/α-hetero) is 1. The Balaban J connectivity index is 2.27. The first-order valence-electron chi connectivity index (χ1n) is 3.04. The van der Waals surface area contributed by atoms with Gasteiger partial charge in [0, 0.05) is 13.0 Å². The summed E-state index contributed by atoms with van der Waals surface area (Å²) in [5.41, 5.74) is 0. The maximum atomic E-state index is 10.6. The molecule has 0 aliphatic carbocycles. The number of carbonyl (C=O) groups is 1. The molecule has 8 heavy (non-hydrogen) atoms. The molecular weight excluding hydrogens is 102 g/mol. The van der Waals surface area contributed by atoms with Gasteiger partial charge < -0.3 is 0 Å². The topological polar surface area (TPSA) is 31.2 Å². The van der Waals surface area contributed by atoms with Crippen molar-refractivity contribution in [2.45, 2.75) is 19.3 Å². The van der Waals surface area contributed by atoms with Crippen LogP contribution in [0.3, 0.4) is 0 Å². The number of nitrogens with zero attached hydrogens (tertiary/aromatic N) is 1. The van der Waals surface area contributed by atoms with Crippen LogP contribution in [0.4, 0.5) is 0 Å². The molecule has 1 aliphatic heterocycles. The van der Waals surface area contributed by atoms with E-state index in [2.05, 4.69) is 5.32 Å². The molecule has 0 aromatic heterocycles. The molecule has 0 bridgehead atoms. The molecule has 1 radical (unpaired) electrons. The minimum atomic E-state index is 0.308. The van der Waals surface area contributed by atoms with Gasteiger partial charge in [0.1, 0.15) is 5.78 Å². The normalized spacial score (nSPS) is 22.8. The van der Waals surface area contributed by atoms with Gasteiger partial charge in [-0.3, -0.25) is 4.79 Å². The molecule has 0 amide bonds. The number of hydrogen-bond donors (Lipinski definition) is 0. The lowest BCUT2D eigenvalue weighted by Crippen LogP contribution is -2.12. The lowest BCUT2D eigenvalue weighted by Gasteiger charge is -1.88. The summed E-state index contributed by atoms with van der Waals surface area (Å²) in [6.07, 6.45) is 2.90. The average molecular weight is 112 g/mol. The van der Waals surface area contributed by atoms with Crippen molar-refractivity contribution in [3.8, 4) is 0 Å². The first-order chi connectivity index (χ1) is 3.89. The molecule has 0 aromatic rings. The molecule has 0 N–H and O–H groups in total. The van der Waals surface area contributed by atoms with Crippen molar-refractivity contribution >= 4 is 5.78 Å². The SMILES string of the molecule is O=C1CCCC[N]C1. The van der Waals surface area contributed by atoms with E-state index in [-0.39, 0.29) is 0 Å². The Hall–Kier alpha value is -0.370. The van der Waals surface area contributed by atoms with Gasteiger partial charge in [-0.05, 0) is 12.8 Å². The maximum Gasteiger partial charge on any atom is 0.148 e. The second kappa shape index (κ2) is 2.82. The molecule has 2 nitrogen and oxygen atoms in total. The molecule has 1 saturated heterocycles. The summed E-state index contributed by atoms with van der Waals surface area (Å²) in [6, 6.07) is 0. The smallest absolute Gasteiger partial charge is 0.148 e. The van der Waals surface area contributed by atoms with Crippen LogP contribution >= 0.6 is 0 Å². The third-order valence-corrected chi connectivity index (χ3v) is 1.31. The van der Waals surface area contributed by atoms with Gasteiger partial charge >= 0.3 is 0 Å². The highest BCUT2D eigenvalue weighted by atomic mass is 16.1. The minimum absolute atomic E-state index is 0.308. The second-order valence-corrected chi connectivity index (χ2v) is 2.10. The van der Waals surface area contributed by atoms with Crippen LogP contribution in [0.2, 0.25) is 0 Å². The van der Waals surface area contributed by atoms with Crippen molar-refractivity contribution in [3.05, 3.63) is 0 Å². The molecule has 45 valence electrons. The Bertz CT molecular complexity index is 80.5. The van der Waals surface area contributed by atoms with E-state index in [0.29, 0.717) is 12.3 Å². The summed E-state index contributed by atoms with van der Waals surface area (Å²) in [4.78, 5) is 10.6. The minimum Gasteiger partial charge on any atom is -0.298 e. The molecule has 0 aromatic carbocycles. The fourth-order valence-corrected chi connectivity index (χ4v) is 0.829. The predicted molar refractivity (Wildman–Crippen MR) is 30.7 cm³/mol. The Morgan fingerprint density at radius 2 is 2.25 bits per heavy atom. The number of rotatable bonds is 0. The van der Waals surface area contributed by atoms with E-state index in [1.54, 1.807) is 0 Å². The van der Waals surface area contributed by atoms with E-state index in [0.717, 1.165) is 25.8 Å². The van der Waals surface area contributed by atoms with Crippen LogP contribution in [0.1, 0.15) is 19.3 Å². The fourth-order valence-electron chi connectivity index (χ4n) is 0.829. The van der Waals surface area contributed by atoms with E-state index in [4.69, 9.17) is 0 Å². The lowest BCUT2D eigenvalue weighted by molar-refractivity contribution is -0.118. The van der Waals surface area contributed by atoms with Gasteiger partial charge in [0.2, 0.25) is 0 Å². The predicted octanol–water partition coefficient (Wildman–Crippen LogP) is 0.344. The van der Waals surface area contributed by atoms with Crippen LogP contribution in [0.5, 0.6) is 0 Å². The van der Waals surface area contributed by atoms with E-state index in [9.17, 15) is 4.79 Å². The van der Waals surface area contributed by atoms with Crippen molar-refractivity contribution in [1.29, 1.82) is 0 Å². The van der Waals surface area contributed by atoms with E-state index >= 15 is 0 Å². The van der Waals surface area contributed by atoms with Gasteiger partial charge in [0.25, 0.3) is 0 Å². The average Bonchev–Trinajstić information content (AvgIpc) is 1.94. The molecule has 1 fully saturated rings. The summed E-state index contributed by atoms with van der Waals surface area (Å²) >= 11 is 0. The number of ketones is 1. The monoisotopic (exact) mass is 112 g/mol.